The molecule has 1 atom stereocenters. The van der Waals surface area contributed by atoms with Gasteiger partial charge in [0, 0.05) is 17.1 Å². The van der Waals surface area contributed by atoms with E-state index < -0.39 is 17.6 Å². The number of amides is 1. The predicted molar refractivity (Wildman–Crippen MR) is 86.3 cm³/mol. The zero-order chi connectivity index (χ0) is 17.0. The molecule has 0 aliphatic rings. The average molecular weight is 331 g/mol. The van der Waals surface area contributed by atoms with E-state index in [-0.39, 0.29) is 5.76 Å². The first-order valence-electron chi connectivity index (χ1n) is 7.05. The number of carbonyl (C=O) groups excluding carboxylic acids is 2. The second-order valence-electron chi connectivity index (χ2n) is 5.00. The standard InChI is InChI=1S/C17H15ClN2O3/c1-3-14-10(2)7-15(23-14)16(21)13(9-19)17(22)20-12-6-4-5-11(18)8-12/h4-8,13H,3H2,1-2H3,(H,20,22)/t13-/m1/s1. The molecule has 118 valence electrons. The molecule has 0 saturated carbocycles. The van der Waals surface area contributed by atoms with Gasteiger partial charge in [0.25, 0.3) is 0 Å². The Morgan fingerprint density at radius 3 is 2.70 bits per heavy atom. The van der Waals surface area contributed by atoms with E-state index in [0.717, 1.165) is 5.56 Å². The Morgan fingerprint density at radius 1 is 1.39 bits per heavy atom. The Kier molecular flexibility index (Phi) is 5.20. The number of rotatable bonds is 5. The van der Waals surface area contributed by atoms with E-state index in [4.69, 9.17) is 16.0 Å². The number of nitriles is 1. The molecule has 0 spiro atoms. The molecule has 6 heteroatoms. The van der Waals surface area contributed by atoms with Gasteiger partial charge in [-0.25, -0.2) is 0 Å². The van der Waals surface area contributed by atoms with Gasteiger partial charge in [-0.05, 0) is 36.8 Å². The van der Waals surface area contributed by atoms with Crippen molar-refractivity contribution in [3.8, 4) is 6.07 Å². The SMILES string of the molecule is CCc1oc(C(=O)[C@@H](C#N)C(=O)Nc2cccc(Cl)c2)cc1C. The Hall–Kier alpha value is -2.58. The minimum atomic E-state index is -1.48. The highest BCUT2D eigenvalue weighted by Gasteiger charge is 2.30. The molecule has 1 aromatic carbocycles. The fourth-order valence-corrected chi connectivity index (χ4v) is 2.34. The molecule has 0 fully saturated rings. The molecule has 1 N–H and O–H groups in total. The summed E-state index contributed by atoms with van der Waals surface area (Å²) in [6.45, 7) is 3.71. The third-order valence-electron chi connectivity index (χ3n) is 3.33. The summed E-state index contributed by atoms with van der Waals surface area (Å²) in [5, 5.41) is 12.1. The van der Waals surface area contributed by atoms with Crippen LogP contribution in [-0.2, 0) is 11.2 Å². The lowest BCUT2D eigenvalue weighted by atomic mass is 10.0. The molecule has 23 heavy (non-hydrogen) atoms. The zero-order valence-electron chi connectivity index (χ0n) is 12.7. The summed E-state index contributed by atoms with van der Waals surface area (Å²) in [5.41, 5.74) is 1.24. The first kappa shape index (κ1) is 16.8. The number of hydrogen-bond donors (Lipinski definition) is 1. The molecular weight excluding hydrogens is 316 g/mol. The molecule has 0 saturated heterocycles. The molecule has 2 rings (SSSR count). The molecule has 0 radical (unpaired) electrons. The van der Waals surface area contributed by atoms with Crippen molar-refractivity contribution in [1.29, 1.82) is 5.26 Å². The van der Waals surface area contributed by atoms with E-state index in [1.165, 1.54) is 6.07 Å². The van der Waals surface area contributed by atoms with Crippen molar-refractivity contribution in [2.75, 3.05) is 5.32 Å². The topological polar surface area (TPSA) is 83.1 Å². The van der Waals surface area contributed by atoms with Crippen LogP contribution in [0.15, 0.2) is 34.7 Å². The number of Topliss-reactive ketones (excluding diaryl/α,β-unsaturated/α-hetero) is 1. The normalized spacial score (nSPS) is 11.6. The van der Waals surface area contributed by atoms with Gasteiger partial charge in [-0.15, -0.1) is 0 Å². The Bertz CT molecular complexity index is 789. The number of carbonyl (C=O) groups is 2. The number of hydrogen-bond acceptors (Lipinski definition) is 4. The molecular formula is C17H15ClN2O3. The number of nitrogens with zero attached hydrogens (tertiary/aromatic N) is 1. The molecule has 0 aliphatic carbocycles. The van der Waals surface area contributed by atoms with E-state index in [1.54, 1.807) is 30.3 Å². The van der Waals surface area contributed by atoms with Crippen molar-refractivity contribution < 1.29 is 14.0 Å². The van der Waals surface area contributed by atoms with Gasteiger partial charge in [0.2, 0.25) is 11.7 Å². The lowest BCUT2D eigenvalue weighted by Gasteiger charge is -2.08. The lowest BCUT2D eigenvalue weighted by Crippen LogP contribution is -2.28. The van der Waals surface area contributed by atoms with Crippen molar-refractivity contribution in [1.82, 2.24) is 0 Å². The van der Waals surface area contributed by atoms with E-state index in [0.29, 0.717) is 22.9 Å². The van der Waals surface area contributed by atoms with Crippen LogP contribution in [0.2, 0.25) is 5.02 Å². The van der Waals surface area contributed by atoms with Crippen LogP contribution >= 0.6 is 11.6 Å². The Balaban J connectivity index is 2.19. The minimum absolute atomic E-state index is 0.0205. The Morgan fingerprint density at radius 2 is 2.13 bits per heavy atom. The van der Waals surface area contributed by atoms with Crippen LogP contribution in [0.25, 0.3) is 0 Å². The van der Waals surface area contributed by atoms with E-state index in [1.807, 2.05) is 13.8 Å². The predicted octanol–water partition coefficient (Wildman–Crippen LogP) is 3.77. The summed E-state index contributed by atoms with van der Waals surface area (Å²) in [6.07, 6.45) is 0.630. The number of anilines is 1. The van der Waals surface area contributed by atoms with E-state index in [9.17, 15) is 14.9 Å². The van der Waals surface area contributed by atoms with Crippen LogP contribution < -0.4 is 5.32 Å². The van der Waals surface area contributed by atoms with Crippen LogP contribution in [0, 0.1) is 24.2 Å². The summed E-state index contributed by atoms with van der Waals surface area (Å²) in [6, 6.07) is 9.75. The van der Waals surface area contributed by atoms with Gasteiger partial charge in [0.1, 0.15) is 5.76 Å². The molecule has 1 heterocycles. The summed E-state index contributed by atoms with van der Waals surface area (Å²) in [5.74, 6) is -2.17. The molecule has 0 bridgehead atoms. The fraction of sp³-hybridized carbons (Fsp3) is 0.235. The van der Waals surface area contributed by atoms with Gasteiger partial charge in [0.05, 0.1) is 6.07 Å². The first-order chi connectivity index (χ1) is 11.0. The molecule has 1 amide bonds. The molecule has 2 aromatic rings. The number of nitrogens with one attached hydrogen (secondary N) is 1. The van der Waals surface area contributed by atoms with Crippen LogP contribution in [0.4, 0.5) is 5.69 Å². The van der Waals surface area contributed by atoms with Crippen molar-refractivity contribution in [2.45, 2.75) is 20.3 Å². The summed E-state index contributed by atoms with van der Waals surface area (Å²) >= 11 is 5.84. The number of furan rings is 1. The third-order valence-corrected chi connectivity index (χ3v) is 3.57. The van der Waals surface area contributed by atoms with Gasteiger partial charge >= 0.3 is 0 Å². The molecule has 1 aromatic heterocycles. The van der Waals surface area contributed by atoms with Crippen LogP contribution in [0.3, 0.4) is 0 Å². The number of halogens is 1. The van der Waals surface area contributed by atoms with Gasteiger partial charge in [-0.2, -0.15) is 5.26 Å². The largest absolute Gasteiger partial charge is 0.458 e. The highest BCUT2D eigenvalue weighted by atomic mass is 35.5. The Labute approximate surface area is 138 Å². The second kappa shape index (κ2) is 7.12. The second-order valence-corrected chi connectivity index (χ2v) is 5.43. The number of aryl methyl sites for hydroxylation is 2. The van der Waals surface area contributed by atoms with Crippen LogP contribution in [0.1, 0.15) is 28.8 Å². The summed E-state index contributed by atoms with van der Waals surface area (Å²) in [7, 11) is 0. The fourth-order valence-electron chi connectivity index (χ4n) is 2.15. The maximum absolute atomic E-state index is 12.4. The maximum atomic E-state index is 12.4. The van der Waals surface area contributed by atoms with Gasteiger partial charge in [-0.3, -0.25) is 9.59 Å². The quantitative estimate of drug-likeness (QED) is 0.668. The summed E-state index contributed by atoms with van der Waals surface area (Å²) < 4.78 is 5.43. The number of ketones is 1. The van der Waals surface area contributed by atoms with Crippen molar-refractivity contribution in [3.63, 3.8) is 0 Å². The smallest absolute Gasteiger partial charge is 0.249 e. The summed E-state index contributed by atoms with van der Waals surface area (Å²) in [4.78, 5) is 24.5. The van der Waals surface area contributed by atoms with Crippen molar-refractivity contribution >= 4 is 29.0 Å². The molecule has 0 unspecified atom stereocenters. The first-order valence-corrected chi connectivity index (χ1v) is 7.43. The van der Waals surface area contributed by atoms with Gasteiger partial charge in [0.15, 0.2) is 11.7 Å². The highest BCUT2D eigenvalue weighted by Crippen LogP contribution is 2.20. The van der Waals surface area contributed by atoms with Gasteiger partial charge in [-0.1, -0.05) is 24.6 Å². The zero-order valence-corrected chi connectivity index (χ0v) is 13.5. The molecule has 5 nitrogen and oxygen atoms in total. The number of benzene rings is 1. The monoisotopic (exact) mass is 330 g/mol. The van der Waals surface area contributed by atoms with Crippen LogP contribution in [0.5, 0.6) is 0 Å². The van der Waals surface area contributed by atoms with Crippen LogP contribution in [-0.4, -0.2) is 11.7 Å². The van der Waals surface area contributed by atoms with E-state index in [2.05, 4.69) is 5.32 Å². The van der Waals surface area contributed by atoms with E-state index >= 15 is 0 Å². The minimum Gasteiger partial charge on any atom is -0.458 e. The highest BCUT2D eigenvalue weighted by molar-refractivity contribution is 6.31. The third kappa shape index (κ3) is 3.79. The average Bonchev–Trinajstić information content (AvgIpc) is 2.89. The maximum Gasteiger partial charge on any atom is 0.249 e. The lowest BCUT2D eigenvalue weighted by molar-refractivity contribution is -0.117. The van der Waals surface area contributed by atoms with Crippen molar-refractivity contribution in [2.24, 2.45) is 5.92 Å². The molecule has 0 aliphatic heterocycles. The van der Waals surface area contributed by atoms with Gasteiger partial charge < -0.3 is 9.73 Å². The van der Waals surface area contributed by atoms with Crippen molar-refractivity contribution in [3.05, 3.63) is 52.4 Å².